The van der Waals surface area contributed by atoms with Crippen molar-refractivity contribution in [3.63, 3.8) is 0 Å². The summed E-state index contributed by atoms with van der Waals surface area (Å²) >= 11 is 0. The maximum atomic E-state index is 9.83. The van der Waals surface area contributed by atoms with E-state index in [1.807, 2.05) is 0 Å². The molecule has 0 bridgehead atoms. The summed E-state index contributed by atoms with van der Waals surface area (Å²) in [6.45, 7) is 1.66. The summed E-state index contributed by atoms with van der Waals surface area (Å²) in [6, 6.07) is 0. The summed E-state index contributed by atoms with van der Waals surface area (Å²) in [5.74, 6) is 0. The number of carbonyl (C=O) groups excluding carboxylic acids is 1. The number of carbonyl (C=O) groups is 1. The number of hydrogen-bond donors (Lipinski definition) is 2. The fraction of sp³-hybridized carbons (Fsp3) is 0.857. The summed E-state index contributed by atoms with van der Waals surface area (Å²) in [4.78, 5) is 9.83. The molecule has 2 unspecified atom stereocenters. The predicted octanol–water partition coefficient (Wildman–Crippen LogP) is -0.319. The van der Waals surface area contributed by atoms with Gasteiger partial charge >= 0.3 is 0 Å². The van der Waals surface area contributed by atoms with E-state index in [-0.39, 0.29) is 19.4 Å². The van der Waals surface area contributed by atoms with E-state index in [9.17, 15) is 4.79 Å². The largest absolute Gasteiger partial charge is 0.391 e. The van der Waals surface area contributed by atoms with Gasteiger partial charge in [0.15, 0.2) is 6.29 Å². The Balaban J connectivity index is 3.21. The maximum absolute atomic E-state index is 9.83. The molecule has 0 aromatic rings. The highest BCUT2D eigenvalue weighted by atomic mass is 16.6. The SMILES string of the molecule is CC(O)COC(O)CCC=O. The number of ether oxygens (including phenoxy) is 1. The molecular weight excluding hydrogens is 148 g/mol. The highest BCUT2D eigenvalue weighted by Crippen LogP contribution is 1.97. The lowest BCUT2D eigenvalue weighted by atomic mass is 10.3. The van der Waals surface area contributed by atoms with Crippen LogP contribution in [-0.2, 0) is 9.53 Å². The van der Waals surface area contributed by atoms with E-state index in [1.54, 1.807) is 6.92 Å². The molecule has 0 spiro atoms. The minimum Gasteiger partial charge on any atom is -0.391 e. The van der Waals surface area contributed by atoms with Gasteiger partial charge in [-0.3, -0.25) is 0 Å². The van der Waals surface area contributed by atoms with Crippen LogP contribution < -0.4 is 0 Å². The zero-order chi connectivity index (χ0) is 8.69. The zero-order valence-electron chi connectivity index (χ0n) is 6.56. The Bertz CT molecular complexity index is 103. The Labute approximate surface area is 65.8 Å². The summed E-state index contributed by atoms with van der Waals surface area (Å²) < 4.78 is 4.75. The van der Waals surface area contributed by atoms with Crippen LogP contribution in [0.15, 0.2) is 0 Å². The van der Waals surface area contributed by atoms with E-state index in [4.69, 9.17) is 14.9 Å². The Kier molecular flexibility index (Phi) is 6.02. The van der Waals surface area contributed by atoms with Gasteiger partial charge in [-0.2, -0.15) is 0 Å². The van der Waals surface area contributed by atoms with E-state index >= 15 is 0 Å². The second-order valence-electron chi connectivity index (χ2n) is 2.38. The summed E-state index contributed by atoms with van der Waals surface area (Å²) in [7, 11) is 0. The van der Waals surface area contributed by atoms with Gasteiger partial charge in [-0.15, -0.1) is 0 Å². The smallest absolute Gasteiger partial charge is 0.155 e. The van der Waals surface area contributed by atoms with Crippen molar-refractivity contribution in [2.75, 3.05) is 6.61 Å². The molecule has 4 heteroatoms. The molecule has 0 aromatic heterocycles. The number of aliphatic hydroxyl groups excluding tert-OH is 2. The third-order valence-corrected chi connectivity index (χ3v) is 1.06. The van der Waals surface area contributed by atoms with Gasteiger partial charge in [0, 0.05) is 12.8 Å². The molecule has 0 saturated carbocycles. The first-order valence-corrected chi connectivity index (χ1v) is 3.58. The molecule has 0 rings (SSSR count). The van der Waals surface area contributed by atoms with Crippen LogP contribution in [0.1, 0.15) is 19.8 Å². The van der Waals surface area contributed by atoms with E-state index in [0.717, 1.165) is 6.29 Å². The van der Waals surface area contributed by atoms with Crippen molar-refractivity contribution in [2.45, 2.75) is 32.2 Å². The Morgan fingerprint density at radius 3 is 2.64 bits per heavy atom. The van der Waals surface area contributed by atoms with E-state index in [0.29, 0.717) is 0 Å². The highest BCUT2D eigenvalue weighted by Gasteiger charge is 2.04. The first kappa shape index (κ1) is 10.6. The Morgan fingerprint density at radius 1 is 1.55 bits per heavy atom. The summed E-state index contributed by atoms with van der Waals surface area (Å²) in [6.07, 6.45) is -0.234. The van der Waals surface area contributed by atoms with Crippen LogP contribution in [0.2, 0.25) is 0 Å². The Hall–Kier alpha value is -0.450. The van der Waals surface area contributed by atoms with Gasteiger partial charge in [-0.25, -0.2) is 0 Å². The molecule has 2 N–H and O–H groups in total. The van der Waals surface area contributed by atoms with Crippen molar-refractivity contribution < 1.29 is 19.7 Å². The van der Waals surface area contributed by atoms with Crippen LogP contribution in [0.3, 0.4) is 0 Å². The third kappa shape index (κ3) is 7.45. The number of aldehydes is 1. The van der Waals surface area contributed by atoms with E-state index in [2.05, 4.69) is 0 Å². The van der Waals surface area contributed by atoms with Crippen molar-refractivity contribution in [3.8, 4) is 0 Å². The molecule has 0 radical (unpaired) electrons. The fourth-order valence-electron chi connectivity index (χ4n) is 0.544. The van der Waals surface area contributed by atoms with Crippen LogP contribution in [0, 0.1) is 0 Å². The van der Waals surface area contributed by atoms with Gasteiger partial charge in [-0.05, 0) is 6.92 Å². The van der Waals surface area contributed by atoms with Crippen LogP contribution >= 0.6 is 0 Å². The van der Waals surface area contributed by atoms with Crippen LogP contribution in [0.4, 0.5) is 0 Å². The molecule has 0 aliphatic rings. The maximum Gasteiger partial charge on any atom is 0.155 e. The molecule has 0 amide bonds. The lowest BCUT2D eigenvalue weighted by Gasteiger charge is -2.11. The first-order chi connectivity index (χ1) is 5.16. The van der Waals surface area contributed by atoms with E-state index in [1.165, 1.54) is 0 Å². The lowest BCUT2D eigenvalue weighted by Crippen LogP contribution is -2.19. The van der Waals surface area contributed by atoms with Gasteiger partial charge in [-0.1, -0.05) is 0 Å². The topological polar surface area (TPSA) is 66.8 Å². The molecule has 4 nitrogen and oxygen atoms in total. The van der Waals surface area contributed by atoms with Crippen molar-refractivity contribution in [2.24, 2.45) is 0 Å². The molecule has 0 aromatic carbocycles. The minimum absolute atomic E-state index is 0.0972. The first-order valence-electron chi connectivity index (χ1n) is 3.58. The van der Waals surface area contributed by atoms with Crippen molar-refractivity contribution in [1.29, 1.82) is 0 Å². The molecule has 0 aliphatic heterocycles. The number of hydrogen-bond acceptors (Lipinski definition) is 4. The monoisotopic (exact) mass is 162 g/mol. The molecule has 11 heavy (non-hydrogen) atoms. The minimum atomic E-state index is -0.935. The third-order valence-electron chi connectivity index (χ3n) is 1.06. The average molecular weight is 162 g/mol. The van der Waals surface area contributed by atoms with Gasteiger partial charge in [0.05, 0.1) is 12.7 Å². The average Bonchev–Trinajstić information content (AvgIpc) is 1.97. The lowest BCUT2D eigenvalue weighted by molar-refractivity contribution is -0.127. The second kappa shape index (κ2) is 6.27. The van der Waals surface area contributed by atoms with Gasteiger partial charge in [0.1, 0.15) is 6.29 Å². The van der Waals surface area contributed by atoms with Crippen LogP contribution in [-0.4, -0.2) is 35.5 Å². The summed E-state index contributed by atoms with van der Waals surface area (Å²) in [5, 5.41) is 17.7. The standard InChI is InChI=1S/C7H14O4/c1-6(9)5-11-7(10)3-2-4-8/h4,6-7,9-10H,2-3,5H2,1H3. The molecule has 0 saturated heterocycles. The second-order valence-corrected chi connectivity index (χ2v) is 2.38. The number of aliphatic hydroxyl groups is 2. The van der Waals surface area contributed by atoms with Crippen LogP contribution in [0.25, 0.3) is 0 Å². The van der Waals surface area contributed by atoms with Crippen molar-refractivity contribution in [1.82, 2.24) is 0 Å². The molecule has 0 fully saturated rings. The normalized spacial score (nSPS) is 15.9. The van der Waals surface area contributed by atoms with Gasteiger partial charge in [0.25, 0.3) is 0 Å². The molecule has 2 atom stereocenters. The molecular formula is C7H14O4. The molecule has 66 valence electrons. The van der Waals surface area contributed by atoms with Gasteiger partial charge in [0.2, 0.25) is 0 Å². The predicted molar refractivity (Wildman–Crippen MR) is 38.9 cm³/mol. The van der Waals surface area contributed by atoms with Crippen molar-refractivity contribution in [3.05, 3.63) is 0 Å². The van der Waals surface area contributed by atoms with Crippen LogP contribution in [0.5, 0.6) is 0 Å². The van der Waals surface area contributed by atoms with E-state index < -0.39 is 12.4 Å². The quantitative estimate of drug-likeness (QED) is 0.415. The molecule has 0 aliphatic carbocycles. The van der Waals surface area contributed by atoms with Crippen molar-refractivity contribution >= 4 is 6.29 Å². The fourth-order valence-corrected chi connectivity index (χ4v) is 0.544. The number of rotatable bonds is 6. The molecule has 0 heterocycles. The van der Waals surface area contributed by atoms with Gasteiger partial charge < -0.3 is 19.7 Å². The highest BCUT2D eigenvalue weighted by molar-refractivity contribution is 5.49. The summed E-state index contributed by atoms with van der Waals surface area (Å²) in [5.41, 5.74) is 0. The Morgan fingerprint density at radius 2 is 2.18 bits per heavy atom. The zero-order valence-corrected chi connectivity index (χ0v) is 6.56.